The summed E-state index contributed by atoms with van der Waals surface area (Å²) in [6, 6.07) is -0.316. The summed E-state index contributed by atoms with van der Waals surface area (Å²) in [5.41, 5.74) is 0.653. The van der Waals surface area contributed by atoms with E-state index in [0.717, 1.165) is 19.6 Å². The summed E-state index contributed by atoms with van der Waals surface area (Å²) >= 11 is 0. The van der Waals surface area contributed by atoms with Crippen LogP contribution >= 0.6 is 0 Å². The zero-order valence-electron chi connectivity index (χ0n) is 12.6. The summed E-state index contributed by atoms with van der Waals surface area (Å²) in [6.45, 7) is 5.70. The van der Waals surface area contributed by atoms with Crippen LogP contribution < -0.4 is 10.6 Å². The van der Waals surface area contributed by atoms with E-state index in [2.05, 4.69) is 20.6 Å². The number of aryl methyl sites for hydroxylation is 1. The highest BCUT2D eigenvalue weighted by Gasteiger charge is 2.15. The van der Waals surface area contributed by atoms with Gasteiger partial charge in [0, 0.05) is 25.8 Å². The number of β-amino-alcohol motifs (C(OH)–C–C–N with tert-alkyl or cyclic N) is 1. The number of amides is 2. The number of hydrogen-bond donors (Lipinski definition) is 3. The number of likely N-dealkylation sites (tertiary alicyclic amines) is 1. The van der Waals surface area contributed by atoms with Crippen LogP contribution in [0.1, 0.15) is 26.2 Å². The highest BCUT2D eigenvalue weighted by Crippen LogP contribution is 2.08. The average molecular weight is 295 g/mol. The van der Waals surface area contributed by atoms with Crippen molar-refractivity contribution in [1.82, 2.24) is 20.0 Å². The van der Waals surface area contributed by atoms with Crippen LogP contribution in [0, 0.1) is 0 Å². The van der Waals surface area contributed by atoms with Crippen molar-refractivity contribution < 1.29 is 9.90 Å². The van der Waals surface area contributed by atoms with Crippen LogP contribution in [0.15, 0.2) is 12.4 Å². The van der Waals surface area contributed by atoms with Crippen molar-refractivity contribution >= 4 is 11.7 Å². The third-order valence-corrected chi connectivity index (χ3v) is 3.63. The maximum Gasteiger partial charge on any atom is 0.319 e. The summed E-state index contributed by atoms with van der Waals surface area (Å²) in [6.07, 6.45) is 6.51. The topological polar surface area (TPSA) is 82.4 Å². The molecule has 7 nitrogen and oxygen atoms in total. The van der Waals surface area contributed by atoms with Crippen molar-refractivity contribution in [3.05, 3.63) is 12.4 Å². The van der Waals surface area contributed by atoms with E-state index in [4.69, 9.17) is 0 Å². The van der Waals surface area contributed by atoms with Crippen LogP contribution in [0.5, 0.6) is 0 Å². The van der Waals surface area contributed by atoms with Gasteiger partial charge in [0.05, 0.1) is 18.0 Å². The Morgan fingerprint density at radius 3 is 2.86 bits per heavy atom. The van der Waals surface area contributed by atoms with E-state index in [9.17, 15) is 9.90 Å². The van der Waals surface area contributed by atoms with Crippen LogP contribution in [0.2, 0.25) is 0 Å². The molecule has 0 bridgehead atoms. The van der Waals surface area contributed by atoms with E-state index >= 15 is 0 Å². The highest BCUT2D eigenvalue weighted by molar-refractivity contribution is 5.88. The van der Waals surface area contributed by atoms with Crippen LogP contribution in [-0.4, -0.2) is 58.1 Å². The molecule has 21 heavy (non-hydrogen) atoms. The van der Waals surface area contributed by atoms with E-state index < -0.39 is 6.10 Å². The molecule has 7 heteroatoms. The zero-order chi connectivity index (χ0) is 15.1. The molecule has 1 aromatic rings. The number of aromatic nitrogens is 2. The molecular weight excluding hydrogens is 270 g/mol. The molecule has 2 heterocycles. The molecule has 0 radical (unpaired) electrons. The fraction of sp³-hybridized carbons (Fsp3) is 0.714. The van der Waals surface area contributed by atoms with Crippen LogP contribution in [0.3, 0.4) is 0 Å². The predicted octanol–water partition coefficient (Wildman–Crippen LogP) is 0.871. The third kappa shape index (κ3) is 5.35. The number of aliphatic hydroxyl groups is 1. The fourth-order valence-electron chi connectivity index (χ4n) is 2.49. The van der Waals surface area contributed by atoms with Gasteiger partial charge >= 0.3 is 6.03 Å². The Kier molecular flexibility index (Phi) is 6.01. The predicted molar refractivity (Wildman–Crippen MR) is 81.2 cm³/mol. The molecule has 1 atom stereocenters. The first-order valence-electron chi connectivity index (χ1n) is 7.65. The number of nitrogens with zero attached hydrogens (tertiary/aromatic N) is 3. The smallest absolute Gasteiger partial charge is 0.319 e. The lowest BCUT2D eigenvalue weighted by atomic mass is 10.1. The number of aliphatic hydroxyl groups excluding tert-OH is 1. The van der Waals surface area contributed by atoms with Gasteiger partial charge in [-0.3, -0.25) is 4.68 Å². The lowest BCUT2D eigenvalue weighted by molar-refractivity contribution is 0.102. The van der Waals surface area contributed by atoms with Gasteiger partial charge in [0.2, 0.25) is 0 Å². The maximum absolute atomic E-state index is 11.7. The monoisotopic (exact) mass is 295 g/mol. The quantitative estimate of drug-likeness (QED) is 0.727. The lowest BCUT2D eigenvalue weighted by Gasteiger charge is -2.28. The molecule has 1 fully saturated rings. The zero-order valence-corrected chi connectivity index (χ0v) is 12.6. The number of hydrogen-bond acceptors (Lipinski definition) is 4. The third-order valence-electron chi connectivity index (χ3n) is 3.63. The van der Waals surface area contributed by atoms with Crippen molar-refractivity contribution in [1.29, 1.82) is 0 Å². The van der Waals surface area contributed by atoms with Gasteiger partial charge in [-0.1, -0.05) is 6.42 Å². The Balaban J connectivity index is 1.65. The lowest BCUT2D eigenvalue weighted by Crippen LogP contribution is -2.42. The van der Waals surface area contributed by atoms with Gasteiger partial charge in [0.25, 0.3) is 0 Å². The fourth-order valence-corrected chi connectivity index (χ4v) is 2.49. The SMILES string of the molecule is CCn1cc(NC(=O)NC[C@@H](O)CN2CCCCC2)cn1. The maximum atomic E-state index is 11.7. The van der Waals surface area contributed by atoms with Crippen molar-refractivity contribution in [2.45, 2.75) is 38.8 Å². The molecule has 1 saturated heterocycles. The molecule has 1 aromatic heterocycles. The van der Waals surface area contributed by atoms with Gasteiger partial charge in [0.1, 0.15) is 0 Å². The number of piperidine rings is 1. The van der Waals surface area contributed by atoms with Gasteiger partial charge in [0.15, 0.2) is 0 Å². The van der Waals surface area contributed by atoms with Crippen molar-refractivity contribution in [2.75, 3.05) is 31.5 Å². The van der Waals surface area contributed by atoms with Gasteiger partial charge in [-0.25, -0.2) is 4.79 Å². The van der Waals surface area contributed by atoms with Gasteiger partial charge in [-0.05, 0) is 32.9 Å². The summed E-state index contributed by atoms with van der Waals surface area (Å²) < 4.78 is 1.74. The molecule has 0 unspecified atom stereocenters. The second-order valence-corrected chi connectivity index (χ2v) is 5.43. The molecule has 0 saturated carbocycles. The van der Waals surface area contributed by atoms with E-state index in [0.29, 0.717) is 12.2 Å². The standard InChI is InChI=1S/C14H25N5O2/c1-2-19-10-12(8-16-19)17-14(21)15-9-13(20)11-18-6-4-3-5-7-18/h8,10,13,20H,2-7,9,11H2,1H3,(H2,15,17,21)/t13-/m1/s1. The molecule has 2 amide bonds. The number of rotatable bonds is 6. The van der Waals surface area contributed by atoms with E-state index in [1.807, 2.05) is 6.92 Å². The van der Waals surface area contributed by atoms with E-state index in [-0.39, 0.29) is 12.6 Å². The minimum atomic E-state index is -0.535. The van der Waals surface area contributed by atoms with Gasteiger partial charge in [-0.15, -0.1) is 0 Å². The molecule has 1 aliphatic rings. The molecular formula is C14H25N5O2. The minimum absolute atomic E-state index is 0.254. The van der Waals surface area contributed by atoms with Crippen molar-refractivity contribution in [3.8, 4) is 0 Å². The summed E-state index contributed by atoms with van der Waals surface area (Å²) in [4.78, 5) is 14.0. The molecule has 3 N–H and O–H groups in total. The molecule has 0 aromatic carbocycles. The Morgan fingerprint density at radius 1 is 1.43 bits per heavy atom. The highest BCUT2D eigenvalue weighted by atomic mass is 16.3. The second kappa shape index (κ2) is 7.99. The number of anilines is 1. The van der Waals surface area contributed by atoms with E-state index in [1.165, 1.54) is 19.3 Å². The summed E-state index contributed by atoms with van der Waals surface area (Å²) in [5, 5.41) is 19.4. The van der Waals surface area contributed by atoms with Crippen LogP contribution in [0.25, 0.3) is 0 Å². The summed E-state index contributed by atoms with van der Waals surface area (Å²) in [7, 11) is 0. The van der Waals surface area contributed by atoms with Gasteiger partial charge in [-0.2, -0.15) is 5.10 Å². The molecule has 0 aliphatic carbocycles. The molecule has 0 spiro atoms. The first-order chi connectivity index (χ1) is 10.2. The van der Waals surface area contributed by atoms with Gasteiger partial charge < -0.3 is 20.6 Å². The molecule has 2 rings (SSSR count). The second-order valence-electron chi connectivity index (χ2n) is 5.43. The Labute approximate surface area is 125 Å². The number of nitrogens with one attached hydrogen (secondary N) is 2. The average Bonchev–Trinajstić information content (AvgIpc) is 2.94. The van der Waals surface area contributed by atoms with Crippen LogP contribution in [-0.2, 0) is 6.54 Å². The first-order valence-corrected chi connectivity index (χ1v) is 7.65. The molecule has 118 valence electrons. The Hall–Kier alpha value is -1.60. The number of carbonyl (C=O) groups is 1. The van der Waals surface area contributed by atoms with Crippen LogP contribution in [0.4, 0.5) is 10.5 Å². The number of carbonyl (C=O) groups excluding carboxylic acids is 1. The van der Waals surface area contributed by atoms with Crippen molar-refractivity contribution in [3.63, 3.8) is 0 Å². The Morgan fingerprint density at radius 2 is 2.19 bits per heavy atom. The largest absolute Gasteiger partial charge is 0.390 e. The van der Waals surface area contributed by atoms with Crippen molar-refractivity contribution in [2.24, 2.45) is 0 Å². The normalized spacial score (nSPS) is 17.4. The minimum Gasteiger partial charge on any atom is -0.390 e. The number of urea groups is 1. The first kappa shape index (κ1) is 15.8. The molecule has 1 aliphatic heterocycles. The summed E-state index contributed by atoms with van der Waals surface area (Å²) in [5.74, 6) is 0. The van der Waals surface area contributed by atoms with E-state index in [1.54, 1.807) is 17.1 Å². The Bertz CT molecular complexity index is 442.